The molecular weight excluding hydrogens is 565 g/mol. The molecular formula is C34H52O6SSi. The van der Waals surface area contributed by atoms with Gasteiger partial charge >= 0.3 is 5.97 Å². The van der Waals surface area contributed by atoms with E-state index in [1.807, 2.05) is 36.4 Å². The number of carbonyl (C=O) groups excluding carboxylic acids is 1. The highest BCUT2D eigenvalue weighted by Gasteiger charge is 2.53. The average molecular weight is 617 g/mol. The van der Waals surface area contributed by atoms with E-state index in [4.69, 9.17) is 13.9 Å². The summed E-state index contributed by atoms with van der Waals surface area (Å²) in [4.78, 5) is 12.7. The van der Waals surface area contributed by atoms with Crippen LogP contribution in [-0.4, -0.2) is 66.7 Å². The summed E-state index contributed by atoms with van der Waals surface area (Å²) < 4.78 is 19.4. The number of hydrogen-bond acceptors (Lipinski definition) is 7. The summed E-state index contributed by atoms with van der Waals surface area (Å²) in [6, 6.07) is 20.7. The quantitative estimate of drug-likeness (QED) is 0.152. The van der Waals surface area contributed by atoms with Gasteiger partial charge in [-0.05, 0) is 27.6 Å². The van der Waals surface area contributed by atoms with Gasteiger partial charge in [-0.15, -0.1) is 11.8 Å². The Hall–Kier alpha value is -1.68. The molecule has 1 saturated heterocycles. The molecule has 0 aromatic heterocycles. The fraction of sp³-hybridized carbons (Fsp3) is 0.618. The van der Waals surface area contributed by atoms with Gasteiger partial charge in [-0.1, -0.05) is 134 Å². The number of hydrogen-bond donors (Lipinski definition) is 2. The van der Waals surface area contributed by atoms with E-state index in [-0.39, 0.29) is 17.6 Å². The van der Waals surface area contributed by atoms with Crippen LogP contribution in [0.4, 0.5) is 0 Å². The van der Waals surface area contributed by atoms with Gasteiger partial charge in [0.1, 0.15) is 23.7 Å². The van der Waals surface area contributed by atoms with Crippen LogP contribution in [0, 0.1) is 5.92 Å². The zero-order chi connectivity index (χ0) is 30.8. The Kier molecular flexibility index (Phi) is 13.6. The number of aliphatic hydroxyl groups excluding tert-OH is 2. The Balaban J connectivity index is 1.88. The molecule has 2 N–H and O–H groups in total. The minimum atomic E-state index is -2.90. The first-order valence-electron chi connectivity index (χ1n) is 15.6. The molecule has 0 unspecified atom stereocenters. The second kappa shape index (κ2) is 16.4. The van der Waals surface area contributed by atoms with Crippen molar-refractivity contribution in [3.8, 4) is 0 Å². The third kappa shape index (κ3) is 8.70. The van der Waals surface area contributed by atoms with Crippen molar-refractivity contribution in [2.75, 3.05) is 12.4 Å². The van der Waals surface area contributed by atoms with Gasteiger partial charge in [-0.25, -0.2) is 0 Å². The number of ether oxygens (including phenoxy) is 2. The van der Waals surface area contributed by atoms with Gasteiger partial charge in [0, 0.05) is 0 Å². The van der Waals surface area contributed by atoms with Crippen molar-refractivity contribution in [1.29, 1.82) is 0 Å². The second-order valence-corrected chi connectivity index (χ2v) is 18.2. The van der Waals surface area contributed by atoms with Crippen molar-refractivity contribution in [1.82, 2.24) is 0 Å². The van der Waals surface area contributed by atoms with Gasteiger partial charge in [-0.2, -0.15) is 0 Å². The van der Waals surface area contributed by atoms with Crippen molar-refractivity contribution in [2.24, 2.45) is 5.92 Å². The van der Waals surface area contributed by atoms with E-state index in [1.165, 1.54) is 37.4 Å². The molecule has 1 heterocycles. The number of thioether (sulfide) groups is 1. The number of esters is 1. The minimum Gasteiger partial charge on any atom is -0.456 e. The molecule has 2 aromatic rings. The van der Waals surface area contributed by atoms with Crippen molar-refractivity contribution in [2.45, 2.75) is 115 Å². The molecule has 0 spiro atoms. The highest BCUT2D eigenvalue weighted by Crippen LogP contribution is 2.38. The maximum atomic E-state index is 12.7. The molecule has 42 heavy (non-hydrogen) atoms. The Bertz CT molecular complexity index is 1020. The normalized spacial score (nSPS) is 23.2. The number of carbonyl (C=O) groups is 1. The van der Waals surface area contributed by atoms with Crippen LogP contribution in [0.3, 0.4) is 0 Å². The lowest BCUT2D eigenvalue weighted by atomic mass is 10.00. The molecule has 2 aromatic carbocycles. The van der Waals surface area contributed by atoms with Crippen LogP contribution >= 0.6 is 11.8 Å². The van der Waals surface area contributed by atoms with E-state index >= 15 is 0 Å². The zero-order valence-electron chi connectivity index (χ0n) is 26.3. The Morgan fingerprint density at radius 3 is 1.98 bits per heavy atom. The average Bonchev–Trinajstić information content (AvgIpc) is 2.97. The maximum Gasteiger partial charge on any atom is 0.308 e. The molecule has 0 radical (unpaired) electrons. The molecule has 0 bridgehead atoms. The predicted molar refractivity (Wildman–Crippen MR) is 175 cm³/mol. The molecule has 1 aliphatic heterocycles. The Labute approximate surface area is 258 Å². The second-order valence-electron chi connectivity index (χ2n) is 12.7. The van der Waals surface area contributed by atoms with E-state index in [0.29, 0.717) is 0 Å². The molecule has 234 valence electrons. The van der Waals surface area contributed by atoms with Gasteiger partial charge in [0.25, 0.3) is 8.32 Å². The molecule has 1 aliphatic rings. The number of aliphatic hydroxyl groups is 2. The first-order chi connectivity index (χ1) is 20.0. The Morgan fingerprint density at radius 1 is 0.905 bits per heavy atom. The highest BCUT2D eigenvalue weighted by atomic mass is 32.2. The van der Waals surface area contributed by atoms with Crippen molar-refractivity contribution in [3.05, 3.63) is 60.7 Å². The van der Waals surface area contributed by atoms with E-state index < -0.39 is 44.1 Å². The summed E-state index contributed by atoms with van der Waals surface area (Å²) in [6.07, 6.45) is 2.83. The molecule has 5 atom stereocenters. The van der Waals surface area contributed by atoms with Crippen LogP contribution in [0.15, 0.2) is 60.7 Å². The van der Waals surface area contributed by atoms with Gasteiger partial charge in [0.05, 0.1) is 12.5 Å². The number of rotatable bonds is 15. The van der Waals surface area contributed by atoms with Crippen LogP contribution in [-0.2, 0) is 18.7 Å². The zero-order valence-corrected chi connectivity index (χ0v) is 28.1. The summed E-state index contributed by atoms with van der Waals surface area (Å²) in [5.74, 6) is -0.00451. The van der Waals surface area contributed by atoms with E-state index in [2.05, 4.69) is 52.0 Å². The van der Waals surface area contributed by atoms with Crippen LogP contribution < -0.4 is 10.4 Å². The summed E-state index contributed by atoms with van der Waals surface area (Å²) in [5.41, 5.74) is -0.641. The fourth-order valence-corrected chi connectivity index (χ4v) is 11.4. The molecule has 6 nitrogen and oxygen atoms in total. The van der Waals surface area contributed by atoms with Crippen LogP contribution in [0.5, 0.6) is 0 Å². The summed E-state index contributed by atoms with van der Waals surface area (Å²) in [7, 11) is -2.90. The van der Waals surface area contributed by atoms with Crippen LogP contribution in [0.25, 0.3) is 0 Å². The van der Waals surface area contributed by atoms with Crippen LogP contribution in [0.2, 0.25) is 5.04 Å². The SMILES string of the molecule is CCCCCCCCS[C@@H]1O[C@H](CO[Si](c2ccccc2)(c2ccccc2)C(C)(C)C)[C@@H](OC(=O)C(C)C)[C@H](O)[C@H]1O. The van der Waals surface area contributed by atoms with Gasteiger partial charge in [-0.3, -0.25) is 4.79 Å². The first kappa shape index (κ1) is 34.8. The van der Waals surface area contributed by atoms with Crippen molar-refractivity contribution < 1.29 is 28.9 Å². The van der Waals surface area contributed by atoms with Crippen molar-refractivity contribution in [3.63, 3.8) is 0 Å². The van der Waals surface area contributed by atoms with Gasteiger partial charge < -0.3 is 24.1 Å². The Morgan fingerprint density at radius 2 is 1.45 bits per heavy atom. The first-order valence-corrected chi connectivity index (χ1v) is 18.6. The third-order valence-corrected chi connectivity index (χ3v) is 14.3. The van der Waals surface area contributed by atoms with E-state index in [9.17, 15) is 15.0 Å². The largest absolute Gasteiger partial charge is 0.456 e. The fourth-order valence-electron chi connectivity index (χ4n) is 5.64. The van der Waals surface area contributed by atoms with Crippen molar-refractivity contribution >= 4 is 36.4 Å². The third-order valence-electron chi connectivity index (χ3n) is 8.03. The predicted octanol–water partition coefficient (Wildman–Crippen LogP) is 5.67. The molecule has 0 amide bonds. The molecule has 8 heteroatoms. The monoisotopic (exact) mass is 616 g/mol. The molecule has 3 rings (SSSR count). The smallest absolute Gasteiger partial charge is 0.308 e. The molecule has 1 fully saturated rings. The standard InChI is InChI=1S/C34H52O6SSi/c1-7-8-9-10-11-18-23-41-33-30(36)29(35)31(40-32(37)25(2)3)28(39-33)24-38-42(34(4,5)6,26-19-14-12-15-20-26)27-21-16-13-17-22-27/h12-17,19-22,25,28-31,33,35-36H,7-11,18,23-24H2,1-6H3/t28-,29-,30-,31-,33+/m1/s1. The lowest BCUT2D eigenvalue weighted by molar-refractivity contribution is -0.221. The lowest BCUT2D eigenvalue weighted by Crippen LogP contribution is -2.68. The van der Waals surface area contributed by atoms with E-state index in [1.54, 1.807) is 13.8 Å². The highest BCUT2D eigenvalue weighted by molar-refractivity contribution is 7.99. The molecule has 0 saturated carbocycles. The summed E-state index contributed by atoms with van der Waals surface area (Å²) >= 11 is 1.52. The minimum absolute atomic E-state index is 0.112. The number of unbranched alkanes of at least 4 members (excludes halogenated alkanes) is 5. The van der Waals surface area contributed by atoms with Gasteiger partial charge in [0.15, 0.2) is 6.10 Å². The topological polar surface area (TPSA) is 85.2 Å². The lowest BCUT2D eigenvalue weighted by Gasteiger charge is -2.46. The maximum absolute atomic E-state index is 12.7. The number of benzene rings is 2. The molecule has 0 aliphatic carbocycles. The summed E-state index contributed by atoms with van der Waals surface area (Å²) in [5, 5.41) is 24.3. The summed E-state index contributed by atoms with van der Waals surface area (Å²) in [6.45, 7) is 12.4. The van der Waals surface area contributed by atoms with E-state index in [0.717, 1.165) is 29.0 Å². The van der Waals surface area contributed by atoms with Gasteiger partial charge in [0.2, 0.25) is 0 Å². The van der Waals surface area contributed by atoms with Crippen LogP contribution in [0.1, 0.15) is 80.1 Å².